The predicted molar refractivity (Wildman–Crippen MR) is 77.0 cm³/mol. The molecule has 3 N–H and O–H groups in total. The highest BCUT2D eigenvalue weighted by molar-refractivity contribution is 6.00. The van der Waals surface area contributed by atoms with Crippen molar-refractivity contribution in [1.29, 1.82) is 0 Å². The molecule has 0 radical (unpaired) electrons. The van der Waals surface area contributed by atoms with Gasteiger partial charge in [-0.25, -0.2) is 14.0 Å². The minimum absolute atomic E-state index is 0.0337. The summed E-state index contributed by atoms with van der Waals surface area (Å²) >= 11 is 0. The third-order valence-electron chi connectivity index (χ3n) is 3.67. The van der Waals surface area contributed by atoms with Crippen molar-refractivity contribution in [2.45, 2.75) is 44.6 Å². The van der Waals surface area contributed by atoms with Crippen LogP contribution in [-0.2, 0) is 0 Å². The van der Waals surface area contributed by atoms with Gasteiger partial charge < -0.3 is 15.7 Å². The summed E-state index contributed by atoms with van der Waals surface area (Å²) in [5.74, 6) is -2.27. The Balaban J connectivity index is 2.02. The summed E-state index contributed by atoms with van der Waals surface area (Å²) in [6.07, 6.45) is 6.33. The third-order valence-corrected chi connectivity index (χ3v) is 3.67. The highest BCUT2D eigenvalue weighted by atomic mass is 19.1. The van der Waals surface area contributed by atoms with Crippen molar-refractivity contribution in [1.82, 2.24) is 5.32 Å². The number of carbonyl (C=O) groups excluding carboxylic acids is 1. The van der Waals surface area contributed by atoms with Gasteiger partial charge in [-0.2, -0.15) is 0 Å². The lowest BCUT2D eigenvalue weighted by Gasteiger charge is -2.17. The van der Waals surface area contributed by atoms with Crippen molar-refractivity contribution in [3.05, 3.63) is 29.6 Å². The smallest absolute Gasteiger partial charge is 0.340 e. The van der Waals surface area contributed by atoms with E-state index >= 15 is 0 Å². The van der Waals surface area contributed by atoms with Crippen LogP contribution in [0, 0.1) is 5.82 Å². The molecule has 1 aliphatic rings. The number of carbonyl (C=O) groups is 2. The van der Waals surface area contributed by atoms with Crippen molar-refractivity contribution in [2.75, 3.05) is 5.32 Å². The van der Waals surface area contributed by atoms with Crippen LogP contribution < -0.4 is 10.6 Å². The second kappa shape index (κ2) is 7.06. The molecule has 0 atom stereocenters. The van der Waals surface area contributed by atoms with Gasteiger partial charge >= 0.3 is 12.0 Å². The van der Waals surface area contributed by atoms with Gasteiger partial charge in [-0.15, -0.1) is 0 Å². The number of aromatic carboxylic acids is 1. The van der Waals surface area contributed by atoms with Crippen LogP contribution in [0.1, 0.15) is 48.9 Å². The molecule has 2 amide bonds. The highest BCUT2D eigenvalue weighted by Gasteiger charge is 2.19. The van der Waals surface area contributed by atoms with Crippen molar-refractivity contribution in [3.8, 4) is 0 Å². The SMILES string of the molecule is O=C(Nc1cccc(F)c1C(=O)O)NC1CCCCCC1. The van der Waals surface area contributed by atoms with Crippen LogP contribution in [-0.4, -0.2) is 23.1 Å². The average molecular weight is 294 g/mol. The number of halogens is 1. The number of carboxylic acids is 1. The number of hydrogen-bond acceptors (Lipinski definition) is 2. The predicted octanol–water partition coefficient (Wildman–Crippen LogP) is 3.37. The summed E-state index contributed by atoms with van der Waals surface area (Å²) in [5, 5.41) is 14.3. The van der Waals surface area contributed by atoms with Crippen LogP contribution in [0.15, 0.2) is 18.2 Å². The Labute approximate surface area is 122 Å². The van der Waals surface area contributed by atoms with E-state index in [9.17, 15) is 14.0 Å². The normalized spacial score (nSPS) is 16.0. The summed E-state index contributed by atoms with van der Waals surface area (Å²) < 4.78 is 13.5. The average Bonchev–Trinajstić information content (AvgIpc) is 2.66. The van der Waals surface area contributed by atoms with Crippen molar-refractivity contribution in [2.24, 2.45) is 0 Å². The molecule has 0 aromatic heterocycles. The van der Waals surface area contributed by atoms with Gasteiger partial charge in [-0.1, -0.05) is 31.7 Å². The van der Waals surface area contributed by atoms with Gasteiger partial charge in [0.2, 0.25) is 0 Å². The zero-order valence-electron chi connectivity index (χ0n) is 11.7. The Hall–Kier alpha value is -2.11. The number of carboxylic acid groups (broad SMARTS) is 1. The molecule has 0 bridgehead atoms. The molecule has 1 aliphatic carbocycles. The maximum absolute atomic E-state index is 13.5. The molecule has 0 saturated heterocycles. The lowest BCUT2D eigenvalue weighted by atomic mass is 10.1. The van der Waals surface area contributed by atoms with E-state index < -0.39 is 23.4 Å². The summed E-state index contributed by atoms with van der Waals surface area (Å²) in [4.78, 5) is 23.0. The van der Waals surface area contributed by atoms with Gasteiger partial charge in [0.05, 0.1) is 5.69 Å². The zero-order valence-corrected chi connectivity index (χ0v) is 11.7. The first-order valence-corrected chi connectivity index (χ1v) is 7.17. The fourth-order valence-corrected chi connectivity index (χ4v) is 2.61. The Morgan fingerprint density at radius 3 is 2.43 bits per heavy atom. The highest BCUT2D eigenvalue weighted by Crippen LogP contribution is 2.20. The van der Waals surface area contributed by atoms with E-state index in [4.69, 9.17) is 5.11 Å². The fourth-order valence-electron chi connectivity index (χ4n) is 2.61. The lowest BCUT2D eigenvalue weighted by Crippen LogP contribution is -2.38. The molecule has 0 spiro atoms. The van der Waals surface area contributed by atoms with Gasteiger partial charge in [0.25, 0.3) is 0 Å². The Morgan fingerprint density at radius 1 is 1.14 bits per heavy atom. The molecule has 6 heteroatoms. The number of rotatable bonds is 3. The first kappa shape index (κ1) is 15.3. The van der Waals surface area contributed by atoms with E-state index in [0.29, 0.717) is 0 Å². The van der Waals surface area contributed by atoms with E-state index in [1.165, 1.54) is 25.0 Å². The first-order valence-electron chi connectivity index (χ1n) is 7.17. The third kappa shape index (κ3) is 4.18. The monoisotopic (exact) mass is 294 g/mol. The second-order valence-electron chi connectivity index (χ2n) is 5.25. The Morgan fingerprint density at radius 2 is 1.81 bits per heavy atom. The van der Waals surface area contributed by atoms with Gasteiger partial charge in [-0.05, 0) is 25.0 Å². The van der Waals surface area contributed by atoms with Crippen molar-refractivity contribution >= 4 is 17.7 Å². The van der Waals surface area contributed by atoms with Crippen LogP contribution in [0.25, 0.3) is 0 Å². The summed E-state index contributed by atoms with van der Waals surface area (Å²) in [7, 11) is 0. The van der Waals surface area contributed by atoms with Crippen LogP contribution in [0.3, 0.4) is 0 Å². The topological polar surface area (TPSA) is 78.4 Å². The maximum atomic E-state index is 13.5. The second-order valence-corrected chi connectivity index (χ2v) is 5.25. The fraction of sp³-hybridized carbons (Fsp3) is 0.467. The van der Waals surface area contributed by atoms with Crippen LogP contribution in [0.4, 0.5) is 14.9 Å². The largest absolute Gasteiger partial charge is 0.478 e. The van der Waals surface area contributed by atoms with E-state index in [1.54, 1.807) is 0 Å². The number of hydrogen-bond donors (Lipinski definition) is 3. The number of anilines is 1. The molecule has 114 valence electrons. The van der Waals surface area contributed by atoms with Crippen LogP contribution in [0.5, 0.6) is 0 Å². The molecular weight excluding hydrogens is 275 g/mol. The van der Waals surface area contributed by atoms with E-state index in [-0.39, 0.29) is 11.7 Å². The van der Waals surface area contributed by atoms with Gasteiger partial charge in [-0.3, -0.25) is 0 Å². The molecule has 1 aromatic rings. The summed E-state index contributed by atoms with van der Waals surface area (Å²) in [6.45, 7) is 0. The van der Waals surface area contributed by atoms with E-state index in [1.807, 2.05) is 0 Å². The number of benzene rings is 1. The van der Waals surface area contributed by atoms with Gasteiger partial charge in [0.15, 0.2) is 0 Å². The van der Waals surface area contributed by atoms with Crippen molar-refractivity contribution < 1.29 is 19.1 Å². The number of urea groups is 1. The maximum Gasteiger partial charge on any atom is 0.340 e. The molecule has 1 saturated carbocycles. The van der Waals surface area contributed by atoms with Crippen LogP contribution >= 0.6 is 0 Å². The molecule has 5 nitrogen and oxygen atoms in total. The number of amides is 2. The molecule has 1 fully saturated rings. The van der Waals surface area contributed by atoms with Crippen LogP contribution in [0.2, 0.25) is 0 Å². The molecule has 0 heterocycles. The van der Waals surface area contributed by atoms with E-state index in [2.05, 4.69) is 10.6 Å². The molecule has 21 heavy (non-hydrogen) atoms. The summed E-state index contributed by atoms with van der Waals surface area (Å²) in [5.41, 5.74) is -0.554. The quantitative estimate of drug-likeness (QED) is 0.748. The van der Waals surface area contributed by atoms with Gasteiger partial charge in [0, 0.05) is 6.04 Å². The van der Waals surface area contributed by atoms with Crippen molar-refractivity contribution in [3.63, 3.8) is 0 Å². The summed E-state index contributed by atoms with van der Waals surface area (Å²) in [6, 6.07) is 3.39. The molecule has 1 aromatic carbocycles. The Bertz CT molecular complexity index is 526. The standard InChI is InChI=1S/C15H19FN2O3/c16-11-8-5-9-12(13(11)14(19)20)18-15(21)17-10-6-3-1-2-4-7-10/h5,8-10H,1-4,6-7H2,(H,19,20)(H2,17,18,21). The lowest BCUT2D eigenvalue weighted by molar-refractivity contribution is 0.0693. The molecule has 2 rings (SSSR count). The molecule has 0 unspecified atom stereocenters. The Kier molecular flexibility index (Phi) is 5.14. The molecule has 0 aliphatic heterocycles. The minimum Gasteiger partial charge on any atom is -0.478 e. The van der Waals surface area contributed by atoms with Gasteiger partial charge in [0.1, 0.15) is 11.4 Å². The molecular formula is C15H19FN2O3. The number of nitrogens with one attached hydrogen (secondary N) is 2. The minimum atomic E-state index is -1.40. The zero-order chi connectivity index (χ0) is 15.2. The van der Waals surface area contributed by atoms with E-state index in [0.717, 1.165) is 31.7 Å². The first-order chi connectivity index (χ1) is 10.1.